The Morgan fingerprint density at radius 3 is 2.71 bits per heavy atom. The minimum atomic E-state index is -0.301. The molecule has 0 aromatic heterocycles. The molecule has 3 N–H and O–H groups in total. The molecule has 17 heavy (non-hydrogen) atoms. The zero-order valence-corrected chi connectivity index (χ0v) is 10.6. The number of carbonyl (C=O) groups is 1. The number of nitrogens with two attached hydrogens (primary N) is 1. The van der Waals surface area contributed by atoms with Crippen LogP contribution in [0.5, 0.6) is 5.75 Å². The Balaban J connectivity index is 2.93. The summed E-state index contributed by atoms with van der Waals surface area (Å²) in [4.78, 5) is 11.0. The normalized spacial score (nSPS) is 12.2. The van der Waals surface area contributed by atoms with Crippen LogP contribution in [-0.2, 0) is 4.79 Å². The van der Waals surface area contributed by atoms with Crippen LogP contribution in [0.4, 0.5) is 0 Å². The van der Waals surface area contributed by atoms with Crippen molar-refractivity contribution >= 4 is 5.91 Å². The van der Waals surface area contributed by atoms with Gasteiger partial charge < -0.3 is 15.8 Å². The summed E-state index contributed by atoms with van der Waals surface area (Å²) in [5.74, 6) is 0.549. The number of ether oxygens (including phenoxy) is 1. The minimum absolute atomic E-state index is 0.0258. The van der Waals surface area contributed by atoms with Crippen molar-refractivity contribution in [2.75, 3.05) is 13.7 Å². The molecule has 0 spiro atoms. The van der Waals surface area contributed by atoms with Crippen molar-refractivity contribution in [3.05, 3.63) is 29.3 Å². The zero-order chi connectivity index (χ0) is 12.8. The predicted molar refractivity (Wildman–Crippen MR) is 68.0 cm³/mol. The predicted octanol–water partition coefficient (Wildman–Crippen LogP) is 1.53. The van der Waals surface area contributed by atoms with E-state index in [-0.39, 0.29) is 11.9 Å². The van der Waals surface area contributed by atoms with Crippen molar-refractivity contribution in [1.29, 1.82) is 0 Å². The van der Waals surface area contributed by atoms with E-state index in [0.717, 1.165) is 23.4 Å². The average Bonchev–Trinajstić information content (AvgIpc) is 2.28. The van der Waals surface area contributed by atoms with Crippen molar-refractivity contribution in [2.24, 2.45) is 5.73 Å². The Labute approximate surface area is 102 Å². The lowest BCUT2D eigenvalue weighted by atomic mass is 10.0. The van der Waals surface area contributed by atoms with Crippen molar-refractivity contribution in [3.63, 3.8) is 0 Å². The molecule has 1 amide bonds. The molecule has 1 aromatic carbocycles. The van der Waals surface area contributed by atoms with Crippen LogP contribution in [0.2, 0.25) is 0 Å². The highest BCUT2D eigenvalue weighted by Gasteiger charge is 2.14. The summed E-state index contributed by atoms with van der Waals surface area (Å²) in [6.45, 7) is 4.78. The lowest BCUT2D eigenvalue weighted by Crippen LogP contribution is -2.26. The van der Waals surface area contributed by atoms with Gasteiger partial charge in [-0.1, -0.05) is 19.1 Å². The number of aryl methyl sites for hydroxylation is 1. The molecular formula is C13H20N2O2. The summed E-state index contributed by atoms with van der Waals surface area (Å²) in [6, 6.07) is 5.87. The van der Waals surface area contributed by atoms with Gasteiger partial charge in [-0.05, 0) is 30.7 Å². The SMILES string of the molecule is CCNC(CC(N)=O)c1ccc(OC)c(C)c1. The Bertz CT molecular complexity index is 391. The first kappa shape index (κ1) is 13.5. The summed E-state index contributed by atoms with van der Waals surface area (Å²) < 4.78 is 5.21. The maximum Gasteiger partial charge on any atom is 0.219 e. The zero-order valence-electron chi connectivity index (χ0n) is 10.6. The van der Waals surface area contributed by atoms with Gasteiger partial charge in [-0.2, -0.15) is 0 Å². The first-order chi connectivity index (χ1) is 8.08. The third-order valence-corrected chi connectivity index (χ3v) is 2.68. The van der Waals surface area contributed by atoms with Gasteiger partial charge >= 0.3 is 0 Å². The summed E-state index contributed by atoms with van der Waals surface area (Å²) >= 11 is 0. The minimum Gasteiger partial charge on any atom is -0.496 e. The Morgan fingerprint density at radius 2 is 2.24 bits per heavy atom. The summed E-state index contributed by atoms with van der Waals surface area (Å²) in [5.41, 5.74) is 7.36. The second-order valence-corrected chi connectivity index (χ2v) is 4.01. The molecule has 0 aliphatic carbocycles. The molecule has 0 bridgehead atoms. The molecule has 0 radical (unpaired) electrons. The molecule has 0 saturated carbocycles. The van der Waals surface area contributed by atoms with Gasteiger partial charge in [0.1, 0.15) is 5.75 Å². The van der Waals surface area contributed by atoms with E-state index in [1.807, 2.05) is 32.0 Å². The maximum atomic E-state index is 11.0. The molecule has 4 nitrogen and oxygen atoms in total. The molecule has 1 unspecified atom stereocenters. The van der Waals surface area contributed by atoms with Crippen LogP contribution in [0.15, 0.2) is 18.2 Å². The number of nitrogens with one attached hydrogen (secondary N) is 1. The Kier molecular flexibility index (Phi) is 4.97. The Hall–Kier alpha value is -1.55. The van der Waals surface area contributed by atoms with Gasteiger partial charge in [-0.15, -0.1) is 0 Å². The van der Waals surface area contributed by atoms with Gasteiger partial charge in [-0.3, -0.25) is 4.79 Å². The molecule has 1 rings (SSSR count). The van der Waals surface area contributed by atoms with Crippen molar-refractivity contribution in [1.82, 2.24) is 5.32 Å². The highest BCUT2D eigenvalue weighted by Crippen LogP contribution is 2.24. The molecule has 94 valence electrons. The Morgan fingerprint density at radius 1 is 1.53 bits per heavy atom. The second-order valence-electron chi connectivity index (χ2n) is 4.01. The molecule has 0 saturated heterocycles. The van der Waals surface area contributed by atoms with E-state index in [4.69, 9.17) is 10.5 Å². The van der Waals surface area contributed by atoms with Gasteiger partial charge in [0, 0.05) is 12.5 Å². The fraction of sp³-hybridized carbons (Fsp3) is 0.462. The highest BCUT2D eigenvalue weighted by atomic mass is 16.5. The number of amides is 1. The molecular weight excluding hydrogens is 216 g/mol. The summed E-state index contributed by atoms with van der Waals surface area (Å²) in [7, 11) is 1.65. The topological polar surface area (TPSA) is 64.3 Å². The second kappa shape index (κ2) is 6.25. The molecule has 0 fully saturated rings. The van der Waals surface area contributed by atoms with E-state index in [0.29, 0.717) is 6.42 Å². The van der Waals surface area contributed by atoms with Crippen LogP contribution >= 0.6 is 0 Å². The fourth-order valence-corrected chi connectivity index (χ4v) is 1.87. The van der Waals surface area contributed by atoms with Crippen LogP contribution in [0.3, 0.4) is 0 Å². The van der Waals surface area contributed by atoms with E-state index in [9.17, 15) is 4.79 Å². The number of primary amides is 1. The first-order valence-electron chi connectivity index (χ1n) is 5.74. The first-order valence-corrected chi connectivity index (χ1v) is 5.74. The van der Waals surface area contributed by atoms with E-state index < -0.39 is 0 Å². The van der Waals surface area contributed by atoms with Gasteiger partial charge in [0.15, 0.2) is 0 Å². The molecule has 0 heterocycles. The van der Waals surface area contributed by atoms with Gasteiger partial charge in [0.2, 0.25) is 5.91 Å². The number of rotatable bonds is 6. The third-order valence-electron chi connectivity index (χ3n) is 2.68. The van der Waals surface area contributed by atoms with Gasteiger partial charge in [0.05, 0.1) is 7.11 Å². The third kappa shape index (κ3) is 3.75. The number of methoxy groups -OCH3 is 1. The maximum absolute atomic E-state index is 11.0. The summed E-state index contributed by atoms with van der Waals surface area (Å²) in [5, 5.41) is 3.25. The van der Waals surface area contributed by atoms with Crippen molar-refractivity contribution < 1.29 is 9.53 Å². The fourth-order valence-electron chi connectivity index (χ4n) is 1.87. The molecule has 1 aromatic rings. The standard InChI is InChI=1S/C13H20N2O2/c1-4-15-11(8-13(14)16)10-5-6-12(17-3)9(2)7-10/h5-7,11,15H,4,8H2,1-3H3,(H2,14,16). The van der Waals surface area contributed by atoms with Gasteiger partial charge in [0.25, 0.3) is 0 Å². The van der Waals surface area contributed by atoms with Crippen molar-refractivity contribution in [2.45, 2.75) is 26.3 Å². The number of hydrogen-bond donors (Lipinski definition) is 2. The number of benzene rings is 1. The lowest BCUT2D eigenvalue weighted by Gasteiger charge is -2.18. The van der Waals surface area contributed by atoms with E-state index in [1.54, 1.807) is 7.11 Å². The average molecular weight is 236 g/mol. The number of carbonyl (C=O) groups excluding carboxylic acids is 1. The van der Waals surface area contributed by atoms with Crippen LogP contribution in [0, 0.1) is 6.92 Å². The largest absolute Gasteiger partial charge is 0.496 e. The lowest BCUT2D eigenvalue weighted by molar-refractivity contribution is -0.118. The van der Waals surface area contributed by atoms with Crippen LogP contribution < -0.4 is 15.8 Å². The molecule has 4 heteroatoms. The quantitative estimate of drug-likeness (QED) is 0.787. The highest BCUT2D eigenvalue weighted by molar-refractivity contribution is 5.74. The van der Waals surface area contributed by atoms with Crippen LogP contribution in [-0.4, -0.2) is 19.6 Å². The van der Waals surface area contributed by atoms with E-state index in [1.165, 1.54) is 0 Å². The van der Waals surface area contributed by atoms with Crippen LogP contribution in [0.1, 0.15) is 30.5 Å². The van der Waals surface area contributed by atoms with Crippen molar-refractivity contribution in [3.8, 4) is 5.75 Å². The molecule has 1 atom stereocenters. The monoisotopic (exact) mass is 236 g/mol. The molecule has 0 aliphatic rings. The number of hydrogen-bond acceptors (Lipinski definition) is 3. The smallest absolute Gasteiger partial charge is 0.219 e. The summed E-state index contributed by atoms with van der Waals surface area (Å²) in [6.07, 6.45) is 0.305. The van der Waals surface area contributed by atoms with E-state index in [2.05, 4.69) is 5.32 Å². The van der Waals surface area contributed by atoms with E-state index >= 15 is 0 Å². The van der Waals surface area contributed by atoms with Crippen LogP contribution in [0.25, 0.3) is 0 Å². The molecule has 0 aliphatic heterocycles. The van der Waals surface area contributed by atoms with Gasteiger partial charge in [-0.25, -0.2) is 0 Å².